The molecule has 0 aliphatic heterocycles. The molecule has 0 bridgehead atoms. The highest BCUT2D eigenvalue weighted by molar-refractivity contribution is 9.10. The van der Waals surface area contributed by atoms with Crippen molar-refractivity contribution in [3.63, 3.8) is 0 Å². The second-order valence-corrected chi connectivity index (χ2v) is 4.53. The van der Waals surface area contributed by atoms with Gasteiger partial charge < -0.3 is 10.8 Å². The van der Waals surface area contributed by atoms with Crippen LogP contribution in [-0.4, -0.2) is 5.11 Å². The lowest BCUT2D eigenvalue weighted by Gasteiger charge is -2.19. The Morgan fingerprint density at radius 1 is 1.50 bits per heavy atom. The summed E-state index contributed by atoms with van der Waals surface area (Å²) in [5.41, 5.74) is 6.85. The van der Waals surface area contributed by atoms with Crippen molar-refractivity contribution in [1.29, 1.82) is 0 Å². The molecule has 3 heteroatoms. The van der Waals surface area contributed by atoms with Gasteiger partial charge in [-0.25, -0.2) is 0 Å². The smallest absolute Gasteiger partial charge is 0.121 e. The third-order valence-corrected chi connectivity index (χ3v) is 3.10. The quantitative estimate of drug-likeness (QED) is 0.874. The fourth-order valence-electron chi connectivity index (χ4n) is 1.36. The van der Waals surface area contributed by atoms with Gasteiger partial charge in [0, 0.05) is 16.1 Å². The summed E-state index contributed by atoms with van der Waals surface area (Å²) in [6.45, 7) is 4.19. The van der Waals surface area contributed by atoms with Crippen LogP contribution in [-0.2, 0) is 0 Å². The molecule has 78 valence electrons. The molecule has 2 atom stereocenters. The van der Waals surface area contributed by atoms with Crippen molar-refractivity contribution in [2.75, 3.05) is 0 Å². The van der Waals surface area contributed by atoms with Crippen molar-refractivity contribution in [3.8, 4) is 5.75 Å². The average Bonchev–Trinajstić information content (AvgIpc) is 2.15. The second-order valence-electron chi connectivity index (χ2n) is 3.61. The summed E-state index contributed by atoms with van der Waals surface area (Å²) in [4.78, 5) is 0. The fraction of sp³-hybridized carbons (Fsp3) is 0.455. The Labute approximate surface area is 93.3 Å². The third kappa shape index (κ3) is 2.49. The maximum Gasteiger partial charge on any atom is 0.121 e. The summed E-state index contributed by atoms with van der Waals surface area (Å²) in [6, 6.07) is 5.36. The number of aromatic hydroxyl groups is 1. The Bertz CT molecular complexity index is 314. The lowest BCUT2D eigenvalue weighted by molar-refractivity contribution is 0.419. The topological polar surface area (TPSA) is 46.2 Å². The zero-order valence-corrected chi connectivity index (χ0v) is 10.1. The van der Waals surface area contributed by atoms with Crippen LogP contribution in [0.2, 0.25) is 0 Å². The van der Waals surface area contributed by atoms with E-state index >= 15 is 0 Å². The van der Waals surface area contributed by atoms with Crippen LogP contribution in [0.4, 0.5) is 0 Å². The largest absolute Gasteiger partial charge is 0.508 e. The van der Waals surface area contributed by atoms with Crippen LogP contribution in [0.25, 0.3) is 0 Å². The van der Waals surface area contributed by atoms with Gasteiger partial charge >= 0.3 is 0 Å². The number of rotatable bonds is 3. The standard InChI is InChI=1S/C11H16BrNO/c1-3-7(2)11(13)9-5-4-8(12)6-10(9)14/h4-7,11,14H,3,13H2,1-2H3/t7?,11-/m1/s1. The average molecular weight is 258 g/mol. The van der Waals surface area contributed by atoms with E-state index in [2.05, 4.69) is 29.8 Å². The number of halogens is 1. The Kier molecular flexibility index (Phi) is 3.96. The maximum absolute atomic E-state index is 9.70. The number of phenols is 1. The Morgan fingerprint density at radius 3 is 2.64 bits per heavy atom. The summed E-state index contributed by atoms with van der Waals surface area (Å²) in [5, 5.41) is 9.70. The molecular weight excluding hydrogens is 242 g/mol. The Hall–Kier alpha value is -0.540. The molecular formula is C11H16BrNO. The molecule has 1 rings (SSSR count). The van der Waals surface area contributed by atoms with Crippen LogP contribution in [0.3, 0.4) is 0 Å². The zero-order chi connectivity index (χ0) is 10.7. The van der Waals surface area contributed by atoms with Gasteiger partial charge in [0.15, 0.2) is 0 Å². The zero-order valence-electron chi connectivity index (χ0n) is 8.50. The highest BCUT2D eigenvalue weighted by Crippen LogP contribution is 2.30. The first kappa shape index (κ1) is 11.5. The SMILES string of the molecule is CCC(C)[C@@H](N)c1ccc(Br)cc1O. The Morgan fingerprint density at radius 2 is 2.14 bits per heavy atom. The van der Waals surface area contributed by atoms with Crippen molar-refractivity contribution < 1.29 is 5.11 Å². The minimum atomic E-state index is -0.0897. The van der Waals surface area contributed by atoms with E-state index in [-0.39, 0.29) is 11.8 Å². The lowest BCUT2D eigenvalue weighted by Crippen LogP contribution is -2.18. The molecule has 0 amide bonds. The summed E-state index contributed by atoms with van der Waals surface area (Å²) < 4.78 is 0.870. The highest BCUT2D eigenvalue weighted by Gasteiger charge is 2.16. The van der Waals surface area contributed by atoms with Gasteiger partial charge in [0.25, 0.3) is 0 Å². The molecule has 0 saturated carbocycles. The molecule has 1 aromatic carbocycles. The molecule has 0 aliphatic rings. The molecule has 0 aromatic heterocycles. The van der Waals surface area contributed by atoms with Gasteiger partial charge in [0.05, 0.1) is 0 Å². The van der Waals surface area contributed by atoms with Crippen LogP contribution < -0.4 is 5.73 Å². The van der Waals surface area contributed by atoms with Crippen LogP contribution >= 0.6 is 15.9 Å². The first-order chi connectivity index (χ1) is 6.56. The maximum atomic E-state index is 9.70. The van der Waals surface area contributed by atoms with Crippen molar-refractivity contribution >= 4 is 15.9 Å². The molecule has 0 saturated heterocycles. The molecule has 0 spiro atoms. The Balaban J connectivity index is 2.95. The van der Waals surface area contributed by atoms with Gasteiger partial charge in [-0.05, 0) is 18.1 Å². The molecule has 0 aliphatic carbocycles. The monoisotopic (exact) mass is 257 g/mol. The second kappa shape index (κ2) is 4.80. The lowest BCUT2D eigenvalue weighted by atomic mass is 9.93. The van der Waals surface area contributed by atoms with E-state index in [1.807, 2.05) is 12.1 Å². The minimum absolute atomic E-state index is 0.0897. The van der Waals surface area contributed by atoms with E-state index in [1.165, 1.54) is 0 Å². The highest BCUT2D eigenvalue weighted by atomic mass is 79.9. The number of benzene rings is 1. The molecule has 2 nitrogen and oxygen atoms in total. The molecule has 3 N–H and O–H groups in total. The fourth-order valence-corrected chi connectivity index (χ4v) is 1.71. The number of phenolic OH excluding ortho intramolecular Hbond substituents is 1. The normalized spacial score (nSPS) is 15.1. The van der Waals surface area contributed by atoms with E-state index in [4.69, 9.17) is 5.73 Å². The van der Waals surface area contributed by atoms with E-state index in [0.717, 1.165) is 16.5 Å². The third-order valence-electron chi connectivity index (χ3n) is 2.61. The predicted octanol–water partition coefficient (Wildman–Crippen LogP) is 3.20. The van der Waals surface area contributed by atoms with Crippen LogP contribution in [0, 0.1) is 5.92 Å². The van der Waals surface area contributed by atoms with Crippen LogP contribution in [0.15, 0.2) is 22.7 Å². The van der Waals surface area contributed by atoms with Crippen molar-refractivity contribution in [3.05, 3.63) is 28.2 Å². The van der Waals surface area contributed by atoms with E-state index in [0.29, 0.717) is 5.92 Å². The summed E-state index contributed by atoms with van der Waals surface area (Å²) >= 11 is 3.30. The molecule has 0 heterocycles. The van der Waals surface area contributed by atoms with Gasteiger partial charge in [0.1, 0.15) is 5.75 Å². The first-order valence-electron chi connectivity index (χ1n) is 4.80. The number of nitrogens with two attached hydrogens (primary N) is 1. The predicted molar refractivity (Wildman–Crippen MR) is 62.2 cm³/mol. The van der Waals surface area contributed by atoms with Crippen LogP contribution in [0.1, 0.15) is 31.9 Å². The molecule has 0 radical (unpaired) electrons. The van der Waals surface area contributed by atoms with Gasteiger partial charge in [-0.2, -0.15) is 0 Å². The number of hydrogen-bond acceptors (Lipinski definition) is 2. The van der Waals surface area contributed by atoms with Crippen molar-refractivity contribution in [2.24, 2.45) is 11.7 Å². The summed E-state index contributed by atoms with van der Waals surface area (Å²) in [6.07, 6.45) is 1.01. The summed E-state index contributed by atoms with van der Waals surface area (Å²) in [5.74, 6) is 0.647. The minimum Gasteiger partial charge on any atom is -0.508 e. The van der Waals surface area contributed by atoms with Crippen molar-refractivity contribution in [2.45, 2.75) is 26.3 Å². The first-order valence-corrected chi connectivity index (χ1v) is 5.59. The molecule has 1 unspecified atom stereocenters. The van der Waals surface area contributed by atoms with E-state index < -0.39 is 0 Å². The van der Waals surface area contributed by atoms with E-state index in [1.54, 1.807) is 6.07 Å². The molecule has 1 aromatic rings. The molecule has 14 heavy (non-hydrogen) atoms. The summed E-state index contributed by atoms with van der Waals surface area (Å²) in [7, 11) is 0. The van der Waals surface area contributed by atoms with Gasteiger partial charge in [-0.15, -0.1) is 0 Å². The number of hydrogen-bond donors (Lipinski definition) is 2. The van der Waals surface area contributed by atoms with E-state index in [9.17, 15) is 5.11 Å². The van der Waals surface area contributed by atoms with Gasteiger partial charge in [0.2, 0.25) is 0 Å². The van der Waals surface area contributed by atoms with Gasteiger partial charge in [-0.1, -0.05) is 42.3 Å². The molecule has 0 fully saturated rings. The van der Waals surface area contributed by atoms with Crippen LogP contribution in [0.5, 0.6) is 5.75 Å². The van der Waals surface area contributed by atoms with Crippen molar-refractivity contribution in [1.82, 2.24) is 0 Å². The van der Waals surface area contributed by atoms with Gasteiger partial charge in [-0.3, -0.25) is 0 Å².